The SMILES string of the molecule is CCCCCS(=O)(=O)N1CCN(CC(=O)NC(C)Cc2c(F)cccc2F)CC1. The van der Waals surface area contributed by atoms with E-state index in [4.69, 9.17) is 0 Å². The van der Waals surface area contributed by atoms with Crippen LogP contribution in [0.15, 0.2) is 18.2 Å². The molecule has 164 valence electrons. The molecule has 6 nitrogen and oxygen atoms in total. The first-order valence-corrected chi connectivity index (χ1v) is 11.8. The van der Waals surface area contributed by atoms with Gasteiger partial charge in [-0.25, -0.2) is 17.2 Å². The number of amides is 1. The topological polar surface area (TPSA) is 69.7 Å². The minimum atomic E-state index is -3.23. The molecule has 29 heavy (non-hydrogen) atoms. The lowest BCUT2D eigenvalue weighted by Crippen LogP contribution is -2.52. The van der Waals surface area contributed by atoms with Crippen molar-refractivity contribution in [3.8, 4) is 0 Å². The van der Waals surface area contributed by atoms with Crippen molar-refractivity contribution in [2.24, 2.45) is 0 Å². The highest BCUT2D eigenvalue weighted by Gasteiger charge is 2.27. The molecule has 0 radical (unpaired) electrons. The number of piperazine rings is 1. The van der Waals surface area contributed by atoms with Gasteiger partial charge in [0.15, 0.2) is 0 Å². The Kier molecular flexibility index (Phi) is 8.98. The van der Waals surface area contributed by atoms with Gasteiger partial charge in [0.25, 0.3) is 0 Å². The summed E-state index contributed by atoms with van der Waals surface area (Å²) in [7, 11) is -3.23. The number of unbranched alkanes of at least 4 members (excludes halogenated alkanes) is 2. The Morgan fingerprint density at radius 2 is 1.76 bits per heavy atom. The fourth-order valence-electron chi connectivity index (χ4n) is 3.44. The summed E-state index contributed by atoms with van der Waals surface area (Å²) in [5, 5.41) is 2.76. The van der Waals surface area contributed by atoms with Crippen LogP contribution in [0.5, 0.6) is 0 Å². The van der Waals surface area contributed by atoms with Crippen LogP contribution in [0.4, 0.5) is 8.78 Å². The molecule has 0 bridgehead atoms. The first-order valence-electron chi connectivity index (χ1n) is 10.2. The molecule has 1 fully saturated rings. The molecule has 0 spiro atoms. The van der Waals surface area contributed by atoms with E-state index < -0.39 is 27.7 Å². The zero-order valence-electron chi connectivity index (χ0n) is 17.2. The minimum absolute atomic E-state index is 0.0396. The third kappa shape index (κ3) is 7.31. The monoisotopic (exact) mass is 431 g/mol. The Hall–Kier alpha value is -1.58. The third-order valence-electron chi connectivity index (χ3n) is 5.08. The van der Waals surface area contributed by atoms with Gasteiger partial charge in [0.05, 0.1) is 12.3 Å². The quantitative estimate of drug-likeness (QED) is 0.577. The highest BCUT2D eigenvalue weighted by molar-refractivity contribution is 7.89. The van der Waals surface area contributed by atoms with E-state index in [9.17, 15) is 22.0 Å². The lowest BCUT2D eigenvalue weighted by Gasteiger charge is -2.33. The van der Waals surface area contributed by atoms with Gasteiger partial charge in [-0.15, -0.1) is 0 Å². The van der Waals surface area contributed by atoms with E-state index in [1.165, 1.54) is 22.5 Å². The van der Waals surface area contributed by atoms with Crippen LogP contribution in [-0.2, 0) is 21.2 Å². The van der Waals surface area contributed by atoms with Gasteiger partial charge in [0.2, 0.25) is 15.9 Å². The molecule has 0 aliphatic carbocycles. The predicted molar refractivity (Wildman–Crippen MR) is 109 cm³/mol. The van der Waals surface area contributed by atoms with Gasteiger partial charge in [0, 0.05) is 37.8 Å². The summed E-state index contributed by atoms with van der Waals surface area (Å²) in [5.74, 6) is -1.32. The molecule has 0 saturated carbocycles. The van der Waals surface area contributed by atoms with E-state index in [2.05, 4.69) is 5.32 Å². The number of nitrogens with one attached hydrogen (secondary N) is 1. The number of benzene rings is 1. The zero-order chi connectivity index (χ0) is 21.4. The first kappa shape index (κ1) is 23.7. The van der Waals surface area contributed by atoms with E-state index >= 15 is 0 Å². The Labute approximate surface area is 172 Å². The summed E-state index contributed by atoms with van der Waals surface area (Å²) in [6.07, 6.45) is 2.60. The summed E-state index contributed by atoms with van der Waals surface area (Å²) in [6, 6.07) is 3.28. The smallest absolute Gasteiger partial charge is 0.234 e. The number of hydrogen-bond acceptors (Lipinski definition) is 4. The number of carbonyl (C=O) groups is 1. The van der Waals surface area contributed by atoms with Crippen molar-refractivity contribution in [3.63, 3.8) is 0 Å². The first-order chi connectivity index (χ1) is 13.7. The average molecular weight is 432 g/mol. The second-order valence-corrected chi connectivity index (χ2v) is 9.66. The van der Waals surface area contributed by atoms with Gasteiger partial charge in [-0.2, -0.15) is 4.31 Å². The molecule has 1 unspecified atom stereocenters. The lowest BCUT2D eigenvalue weighted by atomic mass is 10.1. The molecule has 1 aromatic rings. The van der Waals surface area contributed by atoms with Crippen LogP contribution >= 0.6 is 0 Å². The van der Waals surface area contributed by atoms with E-state index in [1.54, 1.807) is 6.92 Å². The maximum atomic E-state index is 13.7. The molecule has 9 heteroatoms. The van der Waals surface area contributed by atoms with Crippen molar-refractivity contribution in [1.29, 1.82) is 0 Å². The van der Waals surface area contributed by atoms with Crippen LogP contribution in [0.2, 0.25) is 0 Å². The van der Waals surface area contributed by atoms with Crippen molar-refractivity contribution in [3.05, 3.63) is 35.4 Å². The maximum absolute atomic E-state index is 13.7. The van der Waals surface area contributed by atoms with Gasteiger partial charge in [-0.1, -0.05) is 25.8 Å². The van der Waals surface area contributed by atoms with E-state index in [-0.39, 0.29) is 30.2 Å². The number of nitrogens with zero attached hydrogens (tertiary/aromatic N) is 2. The summed E-state index contributed by atoms with van der Waals surface area (Å²) in [4.78, 5) is 14.2. The van der Waals surface area contributed by atoms with E-state index in [0.29, 0.717) is 32.6 Å². The maximum Gasteiger partial charge on any atom is 0.234 e. The standard InChI is InChI=1S/C20H31F2N3O3S/c1-3-4-5-13-29(27,28)25-11-9-24(10-12-25)15-20(26)23-16(2)14-17-18(21)7-6-8-19(17)22/h6-8,16H,3-5,9-15H2,1-2H3,(H,23,26). The molecular formula is C20H31F2N3O3S. The van der Waals surface area contributed by atoms with Crippen LogP contribution < -0.4 is 5.32 Å². The van der Waals surface area contributed by atoms with Crippen molar-refractivity contribution in [2.75, 3.05) is 38.5 Å². The normalized spacial score (nSPS) is 17.2. The second-order valence-electron chi connectivity index (χ2n) is 7.57. The highest BCUT2D eigenvalue weighted by Crippen LogP contribution is 2.14. The molecule has 1 N–H and O–H groups in total. The molecule has 0 aromatic heterocycles. The number of halogens is 2. The molecule has 1 heterocycles. The predicted octanol–water partition coefficient (Wildman–Crippen LogP) is 2.15. The fraction of sp³-hybridized carbons (Fsp3) is 0.650. The molecule has 1 saturated heterocycles. The number of carbonyl (C=O) groups excluding carboxylic acids is 1. The summed E-state index contributed by atoms with van der Waals surface area (Å²) < 4.78 is 53.6. The molecule has 1 aliphatic heterocycles. The number of rotatable bonds is 10. The molecule has 1 atom stereocenters. The van der Waals surface area contributed by atoms with Crippen LogP contribution in [-0.4, -0.2) is 68.0 Å². The van der Waals surface area contributed by atoms with Crippen LogP contribution in [0, 0.1) is 11.6 Å². The summed E-state index contributed by atoms with van der Waals surface area (Å²) in [6.45, 7) is 5.57. The van der Waals surface area contributed by atoms with Gasteiger partial charge >= 0.3 is 0 Å². The highest BCUT2D eigenvalue weighted by atomic mass is 32.2. The Morgan fingerprint density at radius 1 is 1.14 bits per heavy atom. The van der Waals surface area contributed by atoms with Crippen molar-refractivity contribution in [1.82, 2.24) is 14.5 Å². The zero-order valence-corrected chi connectivity index (χ0v) is 18.0. The Morgan fingerprint density at radius 3 is 2.34 bits per heavy atom. The van der Waals surface area contributed by atoms with Crippen molar-refractivity contribution >= 4 is 15.9 Å². The fourth-order valence-corrected chi connectivity index (χ4v) is 4.98. The summed E-state index contributed by atoms with van der Waals surface area (Å²) >= 11 is 0. The van der Waals surface area contributed by atoms with Crippen LogP contribution in [0.1, 0.15) is 38.7 Å². The van der Waals surface area contributed by atoms with Crippen LogP contribution in [0.3, 0.4) is 0 Å². The number of sulfonamides is 1. The Bertz CT molecular complexity index is 761. The Balaban J connectivity index is 1.76. The largest absolute Gasteiger partial charge is 0.352 e. The van der Waals surface area contributed by atoms with Crippen molar-refractivity contribution < 1.29 is 22.0 Å². The third-order valence-corrected chi connectivity index (χ3v) is 7.03. The van der Waals surface area contributed by atoms with Gasteiger partial charge in [-0.3, -0.25) is 9.69 Å². The summed E-state index contributed by atoms with van der Waals surface area (Å²) in [5.41, 5.74) is -0.0396. The molecule has 1 aliphatic rings. The minimum Gasteiger partial charge on any atom is -0.352 e. The van der Waals surface area contributed by atoms with E-state index in [0.717, 1.165) is 12.8 Å². The lowest BCUT2D eigenvalue weighted by molar-refractivity contribution is -0.123. The van der Waals surface area contributed by atoms with Gasteiger partial charge in [0.1, 0.15) is 11.6 Å². The molecule has 2 rings (SSSR count). The second kappa shape index (κ2) is 11.0. The van der Waals surface area contributed by atoms with Crippen molar-refractivity contribution in [2.45, 2.75) is 45.6 Å². The number of hydrogen-bond donors (Lipinski definition) is 1. The van der Waals surface area contributed by atoms with Gasteiger partial charge in [-0.05, 0) is 31.9 Å². The average Bonchev–Trinajstić information content (AvgIpc) is 2.65. The molecule has 1 aromatic carbocycles. The molecule has 1 amide bonds. The van der Waals surface area contributed by atoms with Crippen LogP contribution in [0.25, 0.3) is 0 Å². The molecular weight excluding hydrogens is 400 g/mol. The van der Waals surface area contributed by atoms with E-state index in [1.807, 2.05) is 11.8 Å². The van der Waals surface area contributed by atoms with Gasteiger partial charge < -0.3 is 5.32 Å².